The molecule has 0 atom stereocenters. The maximum Gasteiger partial charge on any atom is 0.293 e. The zero-order valence-electron chi connectivity index (χ0n) is 10.2. The van der Waals surface area contributed by atoms with Crippen molar-refractivity contribution in [3.63, 3.8) is 0 Å². The zero-order chi connectivity index (χ0) is 13.0. The van der Waals surface area contributed by atoms with Gasteiger partial charge in [-0.3, -0.25) is 9.89 Å². The summed E-state index contributed by atoms with van der Waals surface area (Å²) >= 11 is 0. The molecule has 2 N–H and O–H groups in total. The molecular formula is C12H14N4O2. The molecule has 2 aromatic rings. The molecule has 0 aliphatic rings. The highest BCUT2D eigenvalue weighted by Crippen LogP contribution is 2.25. The highest BCUT2D eigenvalue weighted by Gasteiger charge is 2.12. The number of aromatic amines is 1. The van der Waals surface area contributed by atoms with E-state index in [2.05, 4.69) is 20.5 Å². The van der Waals surface area contributed by atoms with Crippen molar-refractivity contribution < 1.29 is 9.53 Å². The minimum Gasteiger partial charge on any atom is -0.492 e. The largest absolute Gasteiger partial charge is 0.492 e. The number of hydrogen-bond acceptors (Lipinski definition) is 4. The summed E-state index contributed by atoms with van der Waals surface area (Å²) < 4.78 is 5.48. The summed E-state index contributed by atoms with van der Waals surface area (Å²) in [5.41, 5.74) is 1.68. The number of carbonyl (C=O) groups excluding carboxylic acids is 1. The van der Waals surface area contributed by atoms with E-state index in [0.29, 0.717) is 18.0 Å². The minimum absolute atomic E-state index is 0.165. The molecule has 0 spiro atoms. The van der Waals surface area contributed by atoms with Gasteiger partial charge in [0.2, 0.25) is 5.82 Å². The van der Waals surface area contributed by atoms with Gasteiger partial charge in [0, 0.05) is 0 Å². The number of nitrogens with zero attached hydrogens (tertiary/aromatic N) is 2. The van der Waals surface area contributed by atoms with Crippen LogP contribution in [0.3, 0.4) is 0 Å². The van der Waals surface area contributed by atoms with E-state index in [1.54, 1.807) is 6.07 Å². The second kappa shape index (κ2) is 5.31. The first kappa shape index (κ1) is 12.1. The van der Waals surface area contributed by atoms with Gasteiger partial charge in [-0.25, -0.2) is 4.98 Å². The van der Waals surface area contributed by atoms with E-state index >= 15 is 0 Å². The molecule has 94 valence electrons. The molecule has 1 heterocycles. The molecule has 1 amide bonds. The van der Waals surface area contributed by atoms with Crippen LogP contribution in [0.15, 0.2) is 24.5 Å². The molecule has 0 fully saturated rings. The first-order valence-electron chi connectivity index (χ1n) is 5.61. The summed E-state index contributed by atoms with van der Waals surface area (Å²) in [4.78, 5) is 15.6. The first-order chi connectivity index (χ1) is 8.70. The Hall–Kier alpha value is -2.37. The Labute approximate surface area is 104 Å². The van der Waals surface area contributed by atoms with Crippen molar-refractivity contribution >= 4 is 11.6 Å². The highest BCUT2D eigenvalue weighted by molar-refractivity contribution is 6.02. The molecule has 0 saturated heterocycles. The van der Waals surface area contributed by atoms with Crippen LogP contribution in [0, 0.1) is 6.92 Å². The molecule has 0 aliphatic heterocycles. The van der Waals surface area contributed by atoms with E-state index in [4.69, 9.17) is 4.74 Å². The van der Waals surface area contributed by atoms with Gasteiger partial charge in [0.1, 0.15) is 12.1 Å². The average Bonchev–Trinajstić information content (AvgIpc) is 2.86. The molecule has 0 aliphatic carbocycles. The monoisotopic (exact) mass is 246 g/mol. The molecule has 0 unspecified atom stereocenters. The number of carbonyl (C=O) groups is 1. The van der Waals surface area contributed by atoms with E-state index < -0.39 is 0 Å². The smallest absolute Gasteiger partial charge is 0.293 e. The minimum atomic E-state index is -0.350. The summed E-state index contributed by atoms with van der Waals surface area (Å²) in [6, 6.07) is 5.58. The number of anilines is 1. The van der Waals surface area contributed by atoms with E-state index in [1.807, 2.05) is 26.0 Å². The Morgan fingerprint density at radius 2 is 2.33 bits per heavy atom. The third-order valence-corrected chi connectivity index (χ3v) is 2.32. The quantitative estimate of drug-likeness (QED) is 0.861. The van der Waals surface area contributed by atoms with Gasteiger partial charge in [-0.1, -0.05) is 6.07 Å². The summed E-state index contributed by atoms with van der Waals surface area (Å²) in [5, 5.41) is 8.86. The fraction of sp³-hybridized carbons (Fsp3) is 0.250. The number of aryl methyl sites for hydroxylation is 1. The molecule has 0 saturated carbocycles. The molecule has 18 heavy (non-hydrogen) atoms. The Balaban J connectivity index is 2.20. The van der Waals surface area contributed by atoms with Crippen LogP contribution >= 0.6 is 0 Å². The molecule has 2 rings (SSSR count). The normalized spacial score (nSPS) is 10.1. The predicted molar refractivity (Wildman–Crippen MR) is 66.7 cm³/mol. The maximum atomic E-state index is 11.8. The van der Waals surface area contributed by atoms with E-state index in [0.717, 1.165) is 5.56 Å². The van der Waals surface area contributed by atoms with Crippen LogP contribution in [-0.4, -0.2) is 27.7 Å². The second-order valence-corrected chi connectivity index (χ2v) is 3.72. The number of rotatable bonds is 4. The van der Waals surface area contributed by atoms with Gasteiger partial charge in [0.05, 0.1) is 12.3 Å². The van der Waals surface area contributed by atoms with Crippen molar-refractivity contribution in [2.75, 3.05) is 11.9 Å². The van der Waals surface area contributed by atoms with Gasteiger partial charge in [-0.2, -0.15) is 5.10 Å². The van der Waals surface area contributed by atoms with Crippen molar-refractivity contribution in [1.29, 1.82) is 0 Å². The molecule has 6 nitrogen and oxygen atoms in total. The highest BCUT2D eigenvalue weighted by atomic mass is 16.5. The van der Waals surface area contributed by atoms with Gasteiger partial charge in [-0.15, -0.1) is 0 Å². The lowest BCUT2D eigenvalue weighted by Gasteiger charge is -2.11. The lowest BCUT2D eigenvalue weighted by atomic mass is 10.2. The van der Waals surface area contributed by atoms with Gasteiger partial charge < -0.3 is 10.1 Å². The Morgan fingerprint density at radius 1 is 1.50 bits per heavy atom. The number of hydrogen-bond donors (Lipinski definition) is 2. The molecule has 1 aromatic heterocycles. The van der Waals surface area contributed by atoms with Gasteiger partial charge in [0.25, 0.3) is 5.91 Å². The molecule has 1 aromatic carbocycles. The number of amides is 1. The van der Waals surface area contributed by atoms with Crippen LogP contribution in [0.2, 0.25) is 0 Å². The van der Waals surface area contributed by atoms with Crippen molar-refractivity contribution in [3.05, 3.63) is 35.9 Å². The fourth-order valence-corrected chi connectivity index (χ4v) is 1.50. The van der Waals surface area contributed by atoms with Crippen LogP contribution in [0.1, 0.15) is 23.1 Å². The molecule has 0 radical (unpaired) electrons. The van der Waals surface area contributed by atoms with Crippen LogP contribution in [0.4, 0.5) is 5.69 Å². The average molecular weight is 246 g/mol. The summed E-state index contributed by atoms with van der Waals surface area (Å²) in [7, 11) is 0. The molecule has 0 bridgehead atoms. The summed E-state index contributed by atoms with van der Waals surface area (Å²) in [6.07, 6.45) is 1.29. The fourth-order valence-electron chi connectivity index (χ4n) is 1.50. The van der Waals surface area contributed by atoms with Gasteiger partial charge >= 0.3 is 0 Å². The standard InChI is InChI=1S/C12H14N4O2/c1-3-18-10-6-8(2)4-5-9(10)15-12(17)11-13-7-14-16-11/h4-7H,3H2,1-2H3,(H,15,17)(H,13,14,16). The second-order valence-electron chi connectivity index (χ2n) is 3.72. The lowest BCUT2D eigenvalue weighted by Crippen LogP contribution is -2.14. The van der Waals surface area contributed by atoms with Crippen molar-refractivity contribution in [2.24, 2.45) is 0 Å². The lowest BCUT2D eigenvalue weighted by molar-refractivity contribution is 0.101. The SMILES string of the molecule is CCOc1cc(C)ccc1NC(=O)c1ncn[nH]1. The van der Waals surface area contributed by atoms with Crippen LogP contribution in [0.25, 0.3) is 0 Å². The number of benzene rings is 1. The summed E-state index contributed by atoms with van der Waals surface area (Å²) in [6.45, 7) is 4.39. The van der Waals surface area contributed by atoms with Gasteiger partial charge in [-0.05, 0) is 31.5 Å². The van der Waals surface area contributed by atoms with E-state index in [9.17, 15) is 4.79 Å². The third-order valence-electron chi connectivity index (χ3n) is 2.32. The number of aromatic nitrogens is 3. The van der Waals surface area contributed by atoms with E-state index in [-0.39, 0.29) is 11.7 Å². The molecular weight excluding hydrogens is 232 g/mol. The van der Waals surface area contributed by atoms with Crippen molar-refractivity contribution in [3.8, 4) is 5.75 Å². The Morgan fingerprint density at radius 3 is 3.00 bits per heavy atom. The van der Waals surface area contributed by atoms with Crippen LogP contribution < -0.4 is 10.1 Å². The predicted octanol–water partition coefficient (Wildman–Crippen LogP) is 1.76. The van der Waals surface area contributed by atoms with Gasteiger partial charge in [0.15, 0.2) is 0 Å². The number of H-pyrrole nitrogens is 1. The first-order valence-corrected chi connectivity index (χ1v) is 5.61. The molecule has 6 heteroatoms. The topological polar surface area (TPSA) is 79.9 Å². The van der Waals surface area contributed by atoms with Crippen LogP contribution in [-0.2, 0) is 0 Å². The summed E-state index contributed by atoms with van der Waals surface area (Å²) in [5.74, 6) is 0.459. The van der Waals surface area contributed by atoms with E-state index in [1.165, 1.54) is 6.33 Å². The van der Waals surface area contributed by atoms with Crippen LogP contribution in [0.5, 0.6) is 5.75 Å². The number of nitrogens with one attached hydrogen (secondary N) is 2. The Bertz CT molecular complexity index is 537. The number of ether oxygens (including phenoxy) is 1. The van der Waals surface area contributed by atoms with Crippen molar-refractivity contribution in [1.82, 2.24) is 15.2 Å². The zero-order valence-corrected chi connectivity index (χ0v) is 10.2. The van der Waals surface area contributed by atoms with Crippen molar-refractivity contribution in [2.45, 2.75) is 13.8 Å². The third kappa shape index (κ3) is 2.65. The Kier molecular flexibility index (Phi) is 3.57. The maximum absolute atomic E-state index is 11.8.